The summed E-state index contributed by atoms with van der Waals surface area (Å²) in [6, 6.07) is 0. The molecular formula is C9H11ClO2S. The van der Waals surface area contributed by atoms with Crippen LogP contribution >= 0.6 is 20.2 Å². The smallest absolute Gasteiger partial charge is 0.320 e. The first kappa shape index (κ1) is 9.16. The molecule has 0 radical (unpaired) electrons. The molecule has 0 aromatic rings. The summed E-state index contributed by atoms with van der Waals surface area (Å²) in [5, 5.41) is 3.51. The minimum Gasteiger partial charge on any atom is -0.393 e. The van der Waals surface area contributed by atoms with Crippen molar-refractivity contribution in [1.29, 1.82) is 0 Å². The SMILES string of the molecule is O=C(OS1(Cl)C=CC=C1)C1CCC1. The van der Waals surface area contributed by atoms with Gasteiger partial charge in [0, 0.05) is 20.3 Å². The minimum absolute atomic E-state index is 0.102. The average molecular weight is 219 g/mol. The number of carbonyl (C=O) groups is 1. The van der Waals surface area contributed by atoms with Gasteiger partial charge in [0.1, 0.15) is 0 Å². The highest BCUT2D eigenvalue weighted by molar-refractivity contribution is 8.52. The second-order valence-corrected chi connectivity index (χ2v) is 6.55. The molecular weight excluding hydrogens is 208 g/mol. The molecule has 2 rings (SSSR count). The molecule has 0 saturated heterocycles. The van der Waals surface area contributed by atoms with Crippen molar-refractivity contribution in [3.05, 3.63) is 23.0 Å². The number of rotatable bonds is 2. The van der Waals surface area contributed by atoms with Gasteiger partial charge in [0.2, 0.25) is 0 Å². The van der Waals surface area contributed by atoms with Gasteiger partial charge in [0.25, 0.3) is 0 Å². The molecule has 2 aliphatic rings. The van der Waals surface area contributed by atoms with Crippen LogP contribution in [0.3, 0.4) is 0 Å². The van der Waals surface area contributed by atoms with E-state index < -0.39 is 9.52 Å². The van der Waals surface area contributed by atoms with E-state index in [0.717, 1.165) is 19.3 Å². The van der Waals surface area contributed by atoms with Crippen LogP contribution in [0, 0.1) is 5.92 Å². The lowest BCUT2D eigenvalue weighted by Gasteiger charge is -2.28. The van der Waals surface area contributed by atoms with Crippen molar-refractivity contribution < 1.29 is 8.98 Å². The number of carbonyl (C=O) groups excluding carboxylic acids is 1. The van der Waals surface area contributed by atoms with E-state index in [4.69, 9.17) is 14.9 Å². The molecule has 0 unspecified atom stereocenters. The van der Waals surface area contributed by atoms with Gasteiger partial charge in [-0.3, -0.25) is 4.79 Å². The molecule has 0 aromatic heterocycles. The molecule has 0 atom stereocenters. The van der Waals surface area contributed by atoms with Gasteiger partial charge in [0.15, 0.2) is 0 Å². The lowest BCUT2D eigenvalue weighted by Crippen LogP contribution is -2.23. The molecule has 0 N–H and O–H groups in total. The van der Waals surface area contributed by atoms with Gasteiger partial charge in [0.05, 0.1) is 5.92 Å². The summed E-state index contributed by atoms with van der Waals surface area (Å²) in [6.45, 7) is 0. The van der Waals surface area contributed by atoms with Crippen molar-refractivity contribution in [3.8, 4) is 0 Å². The second kappa shape index (κ2) is 3.39. The summed E-state index contributed by atoms with van der Waals surface area (Å²) >= 11 is 0. The number of hydrogen-bond acceptors (Lipinski definition) is 2. The van der Waals surface area contributed by atoms with E-state index >= 15 is 0 Å². The predicted octanol–water partition coefficient (Wildman–Crippen LogP) is 3.24. The molecule has 0 bridgehead atoms. The quantitative estimate of drug-likeness (QED) is 0.711. The second-order valence-electron chi connectivity index (χ2n) is 3.26. The van der Waals surface area contributed by atoms with E-state index in [9.17, 15) is 4.79 Å². The number of halogens is 1. The fourth-order valence-corrected chi connectivity index (χ4v) is 2.99. The van der Waals surface area contributed by atoms with Crippen molar-refractivity contribution in [2.24, 2.45) is 5.92 Å². The maximum absolute atomic E-state index is 11.4. The van der Waals surface area contributed by atoms with E-state index in [-0.39, 0.29) is 11.9 Å². The van der Waals surface area contributed by atoms with Crippen LogP contribution in [0.2, 0.25) is 0 Å². The standard InChI is InChI=1S/C9H11ClO2S/c10-13(6-1-2-7-13)12-9(11)8-4-3-5-8/h1-2,6-8H,3-5H2. The third kappa shape index (κ3) is 1.92. The third-order valence-electron chi connectivity index (χ3n) is 2.29. The van der Waals surface area contributed by atoms with Crippen LogP contribution in [0.4, 0.5) is 0 Å². The summed E-state index contributed by atoms with van der Waals surface area (Å²) < 4.78 is 5.24. The van der Waals surface area contributed by atoms with Gasteiger partial charge in [-0.1, -0.05) is 18.6 Å². The monoisotopic (exact) mass is 218 g/mol. The summed E-state index contributed by atoms with van der Waals surface area (Å²) in [4.78, 5) is 11.4. The molecule has 0 amide bonds. The van der Waals surface area contributed by atoms with Crippen LogP contribution in [0.15, 0.2) is 23.0 Å². The molecule has 72 valence electrons. The third-order valence-corrected chi connectivity index (χ3v) is 4.57. The minimum atomic E-state index is -1.86. The van der Waals surface area contributed by atoms with Crippen LogP contribution in [0.25, 0.3) is 0 Å². The predicted molar refractivity (Wildman–Crippen MR) is 55.2 cm³/mol. The van der Waals surface area contributed by atoms with Crippen LogP contribution in [-0.4, -0.2) is 5.97 Å². The number of hydrogen-bond donors (Lipinski definition) is 0. The Labute approximate surface area is 83.6 Å². The highest BCUT2D eigenvalue weighted by Crippen LogP contribution is 2.60. The van der Waals surface area contributed by atoms with Crippen LogP contribution in [-0.2, 0) is 8.98 Å². The maximum atomic E-state index is 11.4. The normalized spacial score (nSPS) is 26.8. The molecule has 1 aliphatic heterocycles. The Bertz CT molecular complexity index is 269. The first-order valence-electron chi connectivity index (χ1n) is 4.31. The van der Waals surface area contributed by atoms with Crippen molar-refractivity contribution in [2.45, 2.75) is 19.3 Å². The molecule has 0 aromatic carbocycles. The number of allylic oxidation sites excluding steroid dienone is 2. The molecule has 0 spiro atoms. The lowest BCUT2D eigenvalue weighted by molar-refractivity contribution is -0.140. The Balaban J connectivity index is 1.93. The van der Waals surface area contributed by atoms with E-state index in [0.29, 0.717) is 0 Å². The zero-order valence-electron chi connectivity index (χ0n) is 7.11. The van der Waals surface area contributed by atoms with Gasteiger partial charge in [-0.25, -0.2) is 0 Å². The van der Waals surface area contributed by atoms with Gasteiger partial charge >= 0.3 is 5.97 Å². The van der Waals surface area contributed by atoms with Crippen LogP contribution in [0.1, 0.15) is 19.3 Å². The molecule has 1 saturated carbocycles. The molecule has 1 heterocycles. The largest absolute Gasteiger partial charge is 0.393 e. The van der Waals surface area contributed by atoms with E-state index in [2.05, 4.69) is 0 Å². The average Bonchev–Trinajstić information content (AvgIpc) is 2.31. The Kier molecular flexibility index (Phi) is 2.39. The Morgan fingerprint density at radius 1 is 1.38 bits per heavy atom. The topological polar surface area (TPSA) is 26.3 Å². The van der Waals surface area contributed by atoms with Crippen LogP contribution in [0.5, 0.6) is 0 Å². The van der Waals surface area contributed by atoms with Crippen molar-refractivity contribution >= 4 is 26.2 Å². The zero-order chi connectivity index (χ0) is 9.31. The van der Waals surface area contributed by atoms with E-state index in [1.54, 1.807) is 10.8 Å². The Hall–Kier alpha value is -0.410. The molecule has 4 heteroatoms. The van der Waals surface area contributed by atoms with Crippen molar-refractivity contribution in [2.75, 3.05) is 0 Å². The maximum Gasteiger partial charge on any atom is 0.320 e. The fourth-order valence-electron chi connectivity index (χ4n) is 1.24. The molecule has 13 heavy (non-hydrogen) atoms. The lowest BCUT2D eigenvalue weighted by atomic mass is 9.86. The van der Waals surface area contributed by atoms with Crippen molar-refractivity contribution in [1.82, 2.24) is 0 Å². The zero-order valence-corrected chi connectivity index (χ0v) is 8.68. The van der Waals surface area contributed by atoms with Crippen molar-refractivity contribution in [3.63, 3.8) is 0 Å². The Morgan fingerprint density at radius 2 is 2.00 bits per heavy atom. The summed E-state index contributed by atoms with van der Waals surface area (Å²) in [7, 11) is 4.19. The fraction of sp³-hybridized carbons (Fsp3) is 0.444. The summed E-state index contributed by atoms with van der Waals surface area (Å²) in [5.74, 6) is -0.0297. The first-order valence-corrected chi connectivity index (χ1v) is 6.82. The first-order chi connectivity index (χ1) is 6.20. The summed E-state index contributed by atoms with van der Waals surface area (Å²) in [6.07, 6.45) is 6.68. The highest BCUT2D eigenvalue weighted by atomic mass is 35.7. The summed E-state index contributed by atoms with van der Waals surface area (Å²) in [5.41, 5.74) is 0. The van der Waals surface area contributed by atoms with Crippen LogP contribution < -0.4 is 0 Å². The van der Waals surface area contributed by atoms with Gasteiger partial charge in [-0.05, 0) is 23.5 Å². The molecule has 1 aliphatic carbocycles. The van der Waals surface area contributed by atoms with E-state index in [1.165, 1.54) is 0 Å². The van der Waals surface area contributed by atoms with Gasteiger partial charge < -0.3 is 4.18 Å². The van der Waals surface area contributed by atoms with E-state index in [1.807, 2.05) is 12.2 Å². The molecule has 1 fully saturated rings. The van der Waals surface area contributed by atoms with Gasteiger partial charge in [-0.2, -0.15) is 0 Å². The Morgan fingerprint density at radius 3 is 2.46 bits per heavy atom. The molecule has 2 nitrogen and oxygen atoms in total. The van der Waals surface area contributed by atoms with Gasteiger partial charge in [-0.15, -0.1) is 0 Å². The highest BCUT2D eigenvalue weighted by Gasteiger charge is 2.31.